The fraction of sp³-hybridized carbons (Fsp3) is 0.654. The summed E-state index contributed by atoms with van der Waals surface area (Å²) >= 11 is 0. The summed E-state index contributed by atoms with van der Waals surface area (Å²) < 4.78 is 16.3. The topological polar surface area (TPSA) is 85.4 Å². The molecule has 0 radical (unpaired) electrons. The van der Waals surface area contributed by atoms with Gasteiger partial charge in [-0.25, -0.2) is 0 Å². The first kappa shape index (κ1) is 25.8. The van der Waals surface area contributed by atoms with E-state index in [1.165, 1.54) is 0 Å². The zero-order chi connectivity index (χ0) is 25.0. The Morgan fingerprint density at radius 3 is 2.26 bits per heavy atom. The Kier molecular flexibility index (Phi) is 8.10. The fourth-order valence-electron chi connectivity index (χ4n) is 4.89. The number of hydrogen-bond acceptors (Lipinski definition) is 6. The van der Waals surface area contributed by atoms with Crippen molar-refractivity contribution in [1.29, 1.82) is 0 Å². The van der Waals surface area contributed by atoms with Crippen molar-refractivity contribution in [2.75, 3.05) is 34.4 Å². The molecule has 1 aromatic carbocycles. The summed E-state index contributed by atoms with van der Waals surface area (Å²) in [5.74, 6) is 0.834. The molecule has 2 aliphatic rings. The van der Waals surface area contributed by atoms with Crippen molar-refractivity contribution in [2.45, 2.75) is 71.4 Å². The van der Waals surface area contributed by atoms with E-state index in [-0.39, 0.29) is 11.9 Å². The molecule has 3 rings (SSSR count). The molecule has 2 unspecified atom stereocenters. The monoisotopic (exact) mass is 474 g/mol. The number of fused-ring (bicyclic) bond motifs is 2. The highest BCUT2D eigenvalue weighted by molar-refractivity contribution is 6.38. The maximum Gasteiger partial charge on any atom is 0.291 e. The molecule has 1 aromatic rings. The molecule has 8 nitrogen and oxygen atoms in total. The van der Waals surface area contributed by atoms with Crippen molar-refractivity contribution in [3.8, 4) is 17.2 Å². The third-order valence-corrected chi connectivity index (χ3v) is 7.32. The summed E-state index contributed by atoms with van der Waals surface area (Å²) in [6.45, 7) is 6.58. The van der Waals surface area contributed by atoms with Crippen LogP contribution in [0.5, 0.6) is 17.2 Å². The molecule has 34 heavy (non-hydrogen) atoms. The normalized spacial score (nSPS) is 20.2. The molecule has 0 spiro atoms. The number of piperazine rings is 1. The number of nitrogens with zero attached hydrogens (tertiary/aromatic N) is 2. The number of rotatable bonds is 10. The maximum absolute atomic E-state index is 13.3. The Morgan fingerprint density at radius 1 is 1.06 bits per heavy atom. The van der Waals surface area contributed by atoms with Gasteiger partial charge in [-0.1, -0.05) is 20.8 Å². The van der Waals surface area contributed by atoms with Crippen LogP contribution in [-0.4, -0.2) is 73.9 Å². The molecular formula is C26H38N2O6. The van der Waals surface area contributed by atoms with Gasteiger partial charge in [0.25, 0.3) is 5.91 Å². The summed E-state index contributed by atoms with van der Waals surface area (Å²) in [5, 5.41) is 0. The van der Waals surface area contributed by atoms with Crippen LogP contribution >= 0.6 is 0 Å². The van der Waals surface area contributed by atoms with Crippen molar-refractivity contribution in [3.63, 3.8) is 0 Å². The number of hydrogen-bond donors (Lipinski definition) is 0. The number of aryl methyl sites for hydroxylation is 1. The molecule has 2 amide bonds. The van der Waals surface area contributed by atoms with Gasteiger partial charge in [-0.3, -0.25) is 14.4 Å². The van der Waals surface area contributed by atoms with Crippen LogP contribution in [0.4, 0.5) is 0 Å². The number of amides is 2. The lowest BCUT2D eigenvalue weighted by molar-refractivity contribution is -0.164. The van der Waals surface area contributed by atoms with E-state index in [0.29, 0.717) is 43.2 Å². The number of methoxy groups -OCH3 is 3. The van der Waals surface area contributed by atoms with E-state index in [1.54, 1.807) is 40.1 Å². The number of ketones is 1. The molecule has 2 bridgehead atoms. The zero-order valence-electron chi connectivity index (χ0n) is 21.3. The predicted octanol–water partition coefficient (Wildman–Crippen LogP) is 3.24. The van der Waals surface area contributed by atoms with Crippen molar-refractivity contribution < 1.29 is 28.6 Å². The molecule has 8 heteroatoms. The standard InChI is InChI=1S/C26H38N2O6/c1-7-26(2,3)23(29)25(31)28-18-11-8-12-19(28)24(30)27(16-18)13-9-10-17-14-20(32-4)22(34-6)21(15-17)33-5/h14-15,18-19H,7-13,16H2,1-6H3. The van der Waals surface area contributed by atoms with E-state index in [2.05, 4.69) is 0 Å². The first-order valence-electron chi connectivity index (χ1n) is 12.1. The molecule has 0 saturated carbocycles. The van der Waals surface area contributed by atoms with Gasteiger partial charge in [0.15, 0.2) is 11.5 Å². The van der Waals surface area contributed by atoms with E-state index < -0.39 is 23.1 Å². The molecule has 2 saturated heterocycles. The smallest absolute Gasteiger partial charge is 0.291 e. The predicted molar refractivity (Wildman–Crippen MR) is 128 cm³/mol. The van der Waals surface area contributed by atoms with Crippen LogP contribution in [0.2, 0.25) is 0 Å². The number of benzene rings is 1. The Bertz CT molecular complexity index is 903. The van der Waals surface area contributed by atoms with Gasteiger partial charge in [0.2, 0.25) is 17.4 Å². The molecule has 188 valence electrons. The van der Waals surface area contributed by atoms with E-state index in [1.807, 2.05) is 24.0 Å². The molecule has 0 aromatic heterocycles. The first-order valence-corrected chi connectivity index (χ1v) is 12.1. The Balaban J connectivity index is 1.67. The van der Waals surface area contributed by atoms with Gasteiger partial charge in [-0.05, 0) is 56.2 Å². The van der Waals surface area contributed by atoms with Crippen molar-refractivity contribution >= 4 is 17.6 Å². The molecule has 2 aliphatic heterocycles. The fourth-order valence-corrected chi connectivity index (χ4v) is 4.89. The van der Waals surface area contributed by atoms with Gasteiger partial charge < -0.3 is 24.0 Å². The maximum atomic E-state index is 13.3. The average Bonchev–Trinajstić information content (AvgIpc) is 2.84. The van der Waals surface area contributed by atoms with E-state index >= 15 is 0 Å². The van der Waals surface area contributed by atoms with Crippen LogP contribution in [0.1, 0.15) is 58.4 Å². The Labute approximate surface area is 202 Å². The summed E-state index contributed by atoms with van der Waals surface area (Å²) in [4.78, 5) is 42.7. The van der Waals surface area contributed by atoms with Crippen LogP contribution in [0.3, 0.4) is 0 Å². The van der Waals surface area contributed by atoms with E-state index in [9.17, 15) is 14.4 Å². The van der Waals surface area contributed by atoms with Gasteiger partial charge in [0.05, 0.1) is 27.4 Å². The lowest BCUT2D eigenvalue weighted by Crippen LogP contribution is -2.66. The highest BCUT2D eigenvalue weighted by Gasteiger charge is 2.48. The highest BCUT2D eigenvalue weighted by Crippen LogP contribution is 2.38. The Morgan fingerprint density at radius 2 is 1.71 bits per heavy atom. The summed E-state index contributed by atoms with van der Waals surface area (Å²) in [7, 11) is 4.75. The lowest BCUT2D eigenvalue weighted by atomic mass is 9.82. The van der Waals surface area contributed by atoms with Crippen molar-refractivity contribution in [1.82, 2.24) is 9.80 Å². The quantitative estimate of drug-likeness (QED) is 0.484. The molecule has 0 N–H and O–H groups in total. The second kappa shape index (κ2) is 10.7. The second-order valence-electron chi connectivity index (χ2n) is 9.80. The van der Waals surface area contributed by atoms with E-state index in [4.69, 9.17) is 14.2 Å². The molecular weight excluding hydrogens is 436 g/mol. The molecule has 2 fully saturated rings. The molecule has 2 atom stereocenters. The summed E-state index contributed by atoms with van der Waals surface area (Å²) in [6, 6.07) is 3.23. The van der Waals surface area contributed by atoms with Crippen molar-refractivity contribution in [3.05, 3.63) is 17.7 Å². The minimum absolute atomic E-state index is 0.0451. The summed E-state index contributed by atoms with van der Waals surface area (Å²) in [6.07, 6.45) is 4.42. The zero-order valence-corrected chi connectivity index (χ0v) is 21.3. The number of piperidine rings is 1. The number of Topliss-reactive ketones (excluding diaryl/α,β-unsaturated/α-hetero) is 1. The minimum atomic E-state index is -0.716. The van der Waals surface area contributed by atoms with Crippen LogP contribution in [0.25, 0.3) is 0 Å². The molecule has 2 heterocycles. The first-order chi connectivity index (χ1) is 16.2. The molecule has 0 aliphatic carbocycles. The van der Waals surface area contributed by atoms with Crippen LogP contribution in [-0.2, 0) is 20.8 Å². The number of carbonyl (C=O) groups is 3. The van der Waals surface area contributed by atoms with Gasteiger partial charge in [0.1, 0.15) is 6.04 Å². The van der Waals surface area contributed by atoms with Gasteiger partial charge >= 0.3 is 0 Å². The second-order valence-corrected chi connectivity index (χ2v) is 9.80. The number of ether oxygens (including phenoxy) is 3. The average molecular weight is 475 g/mol. The third kappa shape index (κ3) is 5.00. The van der Waals surface area contributed by atoms with E-state index in [0.717, 1.165) is 31.2 Å². The largest absolute Gasteiger partial charge is 0.493 e. The number of carbonyl (C=O) groups excluding carboxylic acids is 3. The van der Waals surface area contributed by atoms with Crippen LogP contribution in [0.15, 0.2) is 12.1 Å². The van der Waals surface area contributed by atoms with Crippen molar-refractivity contribution in [2.24, 2.45) is 5.41 Å². The van der Waals surface area contributed by atoms with Gasteiger partial charge in [-0.2, -0.15) is 0 Å². The number of likely N-dealkylation sites (tertiary alicyclic amines) is 1. The Hall–Kier alpha value is -2.77. The lowest BCUT2D eigenvalue weighted by Gasteiger charge is -2.49. The third-order valence-electron chi connectivity index (χ3n) is 7.32. The SMILES string of the molecule is CCC(C)(C)C(=O)C(=O)N1C2CCCC1C(=O)N(CCCc1cc(OC)c(OC)c(OC)c1)C2. The van der Waals surface area contributed by atoms with Crippen LogP contribution < -0.4 is 14.2 Å². The van der Waals surface area contributed by atoms with Crippen LogP contribution in [0, 0.1) is 5.41 Å². The summed E-state index contributed by atoms with van der Waals surface area (Å²) in [5.41, 5.74) is 0.315. The van der Waals surface area contributed by atoms with Gasteiger partial charge in [-0.15, -0.1) is 0 Å². The minimum Gasteiger partial charge on any atom is -0.493 e. The highest BCUT2D eigenvalue weighted by atomic mass is 16.5. The van der Waals surface area contributed by atoms with Gasteiger partial charge in [0, 0.05) is 18.5 Å².